The van der Waals surface area contributed by atoms with Crippen molar-refractivity contribution >= 4 is 33.8 Å². The molecule has 1 heterocycles. The minimum Gasteiger partial charge on any atom is -0.494 e. The molecule has 5 nitrogen and oxygen atoms in total. The highest BCUT2D eigenvalue weighted by Crippen LogP contribution is 2.40. The molecule has 0 radical (unpaired) electrons. The zero-order chi connectivity index (χ0) is 21.8. The van der Waals surface area contributed by atoms with Gasteiger partial charge in [0.15, 0.2) is 0 Å². The van der Waals surface area contributed by atoms with Gasteiger partial charge in [-0.1, -0.05) is 25.1 Å². The fourth-order valence-electron chi connectivity index (χ4n) is 3.84. The van der Waals surface area contributed by atoms with Crippen molar-refractivity contribution in [2.45, 2.75) is 33.1 Å². The summed E-state index contributed by atoms with van der Waals surface area (Å²) in [5, 5.41) is 6.60. The number of amides is 2. The van der Waals surface area contributed by atoms with Crippen LogP contribution in [-0.4, -0.2) is 18.4 Å². The minimum atomic E-state index is -0.206. The lowest BCUT2D eigenvalue weighted by Gasteiger charge is -2.18. The van der Waals surface area contributed by atoms with E-state index >= 15 is 0 Å². The van der Waals surface area contributed by atoms with Crippen molar-refractivity contribution in [3.63, 3.8) is 0 Å². The van der Waals surface area contributed by atoms with Crippen LogP contribution in [0, 0.1) is 5.92 Å². The molecule has 0 spiro atoms. The third-order valence-electron chi connectivity index (χ3n) is 5.42. The van der Waals surface area contributed by atoms with E-state index in [9.17, 15) is 9.59 Å². The molecule has 0 unspecified atom stereocenters. The van der Waals surface area contributed by atoms with E-state index in [4.69, 9.17) is 4.74 Å². The summed E-state index contributed by atoms with van der Waals surface area (Å²) in [6.45, 7) is 4.75. The molecule has 3 aromatic rings. The van der Waals surface area contributed by atoms with Gasteiger partial charge in [-0.15, -0.1) is 11.3 Å². The largest absolute Gasteiger partial charge is 0.494 e. The van der Waals surface area contributed by atoms with Gasteiger partial charge in [-0.25, -0.2) is 0 Å². The number of rotatable bonds is 6. The summed E-state index contributed by atoms with van der Waals surface area (Å²) in [5.41, 5.74) is 2.91. The summed E-state index contributed by atoms with van der Waals surface area (Å²) in [4.78, 5) is 27.3. The predicted octanol–water partition coefficient (Wildman–Crippen LogP) is 5.78. The van der Waals surface area contributed by atoms with Crippen LogP contribution in [0.5, 0.6) is 5.75 Å². The third-order valence-corrected chi connectivity index (χ3v) is 6.59. The van der Waals surface area contributed by atoms with Crippen molar-refractivity contribution in [1.29, 1.82) is 0 Å². The summed E-state index contributed by atoms with van der Waals surface area (Å²) in [6.07, 6.45) is 2.82. The number of nitrogens with one attached hydrogen (secondary N) is 2. The number of anilines is 2. The third kappa shape index (κ3) is 4.80. The molecule has 6 heteroatoms. The molecule has 1 aliphatic rings. The van der Waals surface area contributed by atoms with Gasteiger partial charge in [0.25, 0.3) is 11.8 Å². The second kappa shape index (κ2) is 9.35. The zero-order valence-corrected chi connectivity index (χ0v) is 18.6. The first-order valence-corrected chi connectivity index (χ1v) is 11.4. The maximum absolute atomic E-state index is 13.3. The van der Waals surface area contributed by atoms with E-state index in [1.807, 2.05) is 49.4 Å². The van der Waals surface area contributed by atoms with E-state index in [0.29, 0.717) is 34.3 Å². The number of hydrogen-bond donors (Lipinski definition) is 2. The highest BCUT2D eigenvalue weighted by molar-refractivity contribution is 7.17. The lowest BCUT2D eigenvalue weighted by molar-refractivity contribution is 0.102. The van der Waals surface area contributed by atoms with Crippen LogP contribution < -0.4 is 15.4 Å². The van der Waals surface area contributed by atoms with Gasteiger partial charge in [0.05, 0.1) is 12.2 Å². The molecule has 2 aromatic carbocycles. The van der Waals surface area contributed by atoms with Gasteiger partial charge in [-0.2, -0.15) is 0 Å². The molecule has 0 saturated carbocycles. The van der Waals surface area contributed by atoms with Gasteiger partial charge in [-0.3, -0.25) is 9.59 Å². The Bertz CT molecular complexity index is 1070. The first kappa shape index (κ1) is 21.1. The summed E-state index contributed by atoms with van der Waals surface area (Å²) in [6, 6.07) is 16.4. The number of carbonyl (C=O) groups excluding carboxylic acids is 2. The summed E-state index contributed by atoms with van der Waals surface area (Å²) in [5.74, 6) is 0.936. The van der Waals surface area contributed by atoms with Crippen LogP contribution in [0.15, 0.2) is 54.6 Å². The molecule has 2 N–H and O–H groups in total. The van der Waals surface area contributed by atoms with Gasteiger partial charge in [-0.05, 0) is 74.1 Å². The van der Waals surface area contributed by atoms with Gasteiger partial charge in [0.1, 0.15) is 10.8 Å². The van der Waals surface area contributed by atoms with Crippen LogP contribution in [0.1, 0.15) is 51.4 Å². The zero-order valence-electron chi connectivity index (χ0n) is 17.7. The highest BCUT2D eigenvalue weighted by Gasteiger charge is 2.28. The summed E-state index contributed by atoms with van der Waals surface area (Å²) >= 11 is 1.52. The highest BCUT2D eigenvalue weighted by atomic mass is 32.1. The standard InChI is InChI=1S/C25H26N2O3S/c1-3-30-19-12-10-18(11-13-19)26-24(29)22-20-14-9-16(2)15-21(20)31-25(22)27-23(28)17-7-5-4-6-8-17/h4-8,10-13,16H,3,9,14-15H2,1-2H3,(H,26,29)(H,27,28)/t16-/m0/s1. The Morgan fingerprint density at radius 1 is 1.03 bits per heavy atom. The fraction of sp³-hybridized carbons (Fsp3) is 0.280. The van der Waals surface area contributed by atoms with Crippen LogP contribution in [0.25, 0.3) is 0 Å². The monoisotopic (exact) mass is 434 g/mol. The summed E-state index contributed by atoms with van der Waals surface area (Å²) < 4.78 is 5.47. The Balaban J connectivity index is 1.61. The van der Waals surface area contributed by atoms with Crippen LogP contribution in [0.2, 0.25) is 0 Å². The van der Waals surface area contributed by atoms with E-state index in [0.717, 1.165) is 30.6 Å². The molecule has 0 fully saturated rings. The second-order valence-electron chi connectivity index (χ2n) is 7.79. The van der Waals surface area contributed by atoms with Crippen LogP contribution in [0.4, 0.5) is 10.7 Å². The molecule has 1 aromatic heterocycles. The van der Waals surface area contributed by atoms with Crippen molar-refractivity contribution in [2.24, 2.45) is 5.92 Å². The van der Waals surface area contributed by atoms with E-state index in [1.54, 1.807) is 12.1 Å². The van der Waals surface area contributed by atoms with Crippen LogP contribution >= 0.6 is 11.3 Å². The first-order valence-electron chi connectivity index (χ1n) is 10.6. The Labute approximate surface area is 186 Å². The SMILES string of the molecule is CCOc1ccc(NC(=O)c2c(NC(=O)c3ccccc3)sc3c2CC[C@H](C)C3)cc1. The average molecular weight is 435 g/mol. The summed E-state index contributed by atoms with van der Waals surface area (Å²) in [7, 11) is 0. The van der Waals surface area contributed by atoms with E-state index in [-0.39, 0.29) is 11.8 Å². The second-order valence-corrected chi connectivity index (χ2v) is 8.89. The Hall–Kier alpha value is -3.12. The molecule has 0 saturated heterocycles. The lowest BCUT2D eigenvalue weighted by Crippen LogP contribution is -2.19. The molecule has 160 valence electrons. The van der Waals surface area contributed by atoms with Crippen molar-refractivity contribution in [1.82, 2.24) is 0 Å². The van der Waals surface area contributed by atoms with Crippen molar-refractivity contribution in [3.05, 3.63) is 76.2 Å². The minimum absolute atomic E-state index is 0.195. The van der Waals surface area contributed by atoms with Gasteiger partial charge < -0.3 is 15.4 Å². The molecule has 2 amide bonds. The average Bonchev–Trinajstić information content (AvgIpc) is 3.12. The number of benzene rings is 2. The van der Waals surface area contributed by atoms with Crippen molar-refractivity contribution in [3.8, 4) is 5.75 Å². The molecule has 0 bridgehead atoms. The topological polar surface area (TPSA) is 67.4 Å². The Morgan fingerprint density at radius 3 is 2.48 bits per heavy atom. The maximum Gasteiger partial charge on any atom is 0.258 e. The number of ether oxygens (including phenoxy) is 1. The molecule has 31 heavy (non-hydrogen) atoms. The van der Waals surface area contributed by atoms with E-state index in [2.05, 4.69) is 17.6 Å². The van der Waals surface area contributed by atoms with Crippen LogP contribution in [0.3, 0.4) is 0 Å². The van der Waals surface area contributed by atoms with Gasteiger partial charge in [0.2, 0.25) is 0 Å². The number of fused-ring (bicyclic) bond motifs is 1. The Morgan fingerprint density at radius 2 is 1.77 bits per heavy atom. The first-order chi connectivity index (χ1) is 15.0. The van der Waals surface area contributed by atoms with E-state index < -0.39 is 0 Å². The number of carbonyl (C=O) groups is 2. The molecular formula is C25H26N2O3S. The van der Waals surface area contributed by atoms with Gasteiger partial charge >= 0.3 is 0 Å². The predicted molar refractivity (Wildman–Crippen MR) is 125 cm³/mol. The van der Waals surface area contributed by atoms with Crippen LogP contribution in [-0.2, 0) is 12.8 Å². The maximum atomic E-state index is 13.3. The molecule has 0 aliphatic heterocycles. The smallest absolute Gasteiger partial charge is 0.258 e. The molecule has 1 aliphatic carbocycles. The molecule has 4 rings (SSSR count). The Kier molecular flexibility index (Phi) is 6.37. The lowest BCUT2D eigenvalue weighted by atomic mass is 9.88. The quantitative estimate of drug-likeness (QED) is 0.517. The molecule has 1 atom stereocenters. The van der Waals surface area contributed by atoms with Gasteiger partial charge in [0, 0.05) is 16.1 Å². The normalized spacial score (nSPS) is 15.1. The van der Waals surface area contributed by atoms with Crippen molar-refractivity contribution < 1.29 is 14.3 Å². The number of thiophene rings is 1. The number of hydrogen-bond acceptors (Lipinski definition) is 4. The van der Waals surface area contributed by atoms with Crippen molar-refractivity contribution in [2.75, 3.05) is 17.2 Å². The molecular weight excluding hydrogens is 408 g/mol. The fourth-order valence-corrected chi connectivity index (χ4v) is 5.24. The van der Waals surface area contributed by atoms with E-state index in [1.165, 1.54) is 16.2 Å².